The van der Waals surface area contributed by atoms with Crippen molar-refractivity contribution >= 4 is 22.4 Å². The molecule has 1 atom stereocenters. The molecule has 1 amide bonds. The van der Waals surface area contributed by atoms with Crippen molar-refractivity contribution in [3.05, 3.63) is 5.01 Å². The van der Waals surface area contributed by atoms with Crippen LogP contribution in [0, 0.1) is 0 Å². The Morgan fingerprint density at radius 2 is 2.42 bits per heavy atom. The number of likely N-dealkylation sites (N-methyl/N-ethyl adjacent to an activating group) is 1. The third-order valence-corrected chi connectivity index (χ3v) is 3.84. The molecule has 0 saturated carbocycles. The van der Waals surface area contributed by atoms with Crippen molar-refractivity contribution in [3.63, 3.8) is 0 Å². The largest absolute Gasteiger partial charge is 0.378 e. The maximum atomic E-state index is 12.0. The maximum absolute atomic E-state index is 12.0. The van der Waals surface area contributed by atoms with E-state index >= 15 is 0 Å². The van der Waals surface area contributed by atoms with E-state index in [0.717, 1.165) is 16.7 Å². The Morgan fingerprint density at radius 3 is 3.11 bits per heavy atom. The lowest BCUT2D eigenvalue weighted by molar-refractivity contribution is -0.132. The SMILES string of the molecule is CCNC(=O)C1COCCN1Cc1nnc(NC)s1. The summed E-state index contributed by atoms with van der Waals surface area (Å²) in [6, 6.07) is -0.240. The Morgan fingerprint density at radius 1 is 1.58 bits per heavy atom. The van der Waals surface area contributed by atoms with Gasteiger partial charge in [0.15, 0.2) is 0 Å². The fourth-order valence-electron chi connectivity index (χ4n) is 1.95. The predicted molar refractivity (Wildman–Crippen MR) is 73.2 cm³/mol. The number of rotatable bonds is 5. The molecule has 0 spiro atoms. The second kappa shape index (κ2) is 6.78. The zero-order valence-corrected chi connectivity index (χ0v) is 12.0. The van der Waals surface area contributed by atoms with E-state index in [-0.39, 0.29) is 11.9 Å². The number of amides is 1. The summed E-state index contributed by atoms with van der Waals surface area (Å²) in [4.78, 5) is 14.1. The molecule has 1 unspecified atom stereocenters. The number of hydrogen-bond donors (Lipinski definition) is 2. The lowest BCUT2D eigenvalue weighted by Gasteiger charge is -2.33. The van der Waals surface area contributed by atoms with Crippen LogP contribution in [0.15, 0.2) is 0 Å². The summed E-state index contributed by atoms with van der Waals surface area (Å²) < 4.78 is 5.40. The minimum atomic E-state index is -0.240. The smallest absolute Gasteiger partial charge is 0.239 e. The van der Waals surface area contributed by atoms with E-state index in [0.29, 0.717) is 26.3 Å². The molecule has 0 aromatic carbocycles. The Labute approximate surface area is 116 Å². The molecule has 2 rings (SSSR count). The zero-order valence-electron chi connectivity index (χ0n) is 11.2. The Kier molecular flexibility index (Phi) is 5.06. The molecule has 2 heterocycles. The van der Waals surface area contributed by atoms with Gasteiger partial charge in [0, 0.05) is 20.1 Å². The molecule has 1 saturated heterocycles. The summed E-state index contributed by atoms with van der Waals surface area (Å²) in [6.07, 6.45) is 0. The first-order valence-corrected chi connectivity index (χ1v) is 7.16. The summed E-state index contributed by atoms with van der Waals surface area (Å²) >= 11 is 1.51. The van der Waals surface area contributed by atoms with Gasteiger partial charge < -0.3 is 15.4 Å². The van der Waals surface area contributed by atoms with Crippen LogP contribution in [0.1, 0.15) is 11.9 Å². The van der Waals surface area contributed by atoms with Crippen LogP contribution in [0.3, 0.4) is 0 Å². The minimum absolute atomic E-state index is 0.0144. The molecule has 0 bridgehead atoms. The molecular weight excluding hydrogens is 266 g/mol. The lowest BCUT2D eigenvalue weighted by atomic mass is 10.2. The molecule has 8 heteroatoms. The summed E-state index contributed by atoms with van der Waals surface area (Å²) in [5.74, 6) is 0.0144. The number of nitrogens with one attached hydrogen (secondary N) is 2. The number of nitrogens with zero attached hydrogens (tertiary/aromatic N) is 3. The van der Waals surface area contributed by atoms with Gasteiger partial charge in [-0.3, -0.25) is 9.69 Å². The second-order valence-electron chi connectivity index (χ2n) is 4.21. The van der Waals surface area contributed by atoms with E-state index in [1.165, 1.54) is 11.3 Å². The van der Waals surface area contributed by atoms with Gasteiger partial charge in [-0.15, -0.1) is 10.2 Å². The van der Waals surface area contributed by atoms with Gasteiger partial charge in [0.2, 0.25) is 11.0 Å². The first kappa shape index (κ1) is 14.2. The second-order valence-corrected chi connectivity index (χ2v) is 5.27. The number of aromatic nitrogens is 2. The average molecular weight is 285 g/mol. The van der Waals surface area contributed by atoms with Gasteiger partial charge in [0.25, 0.3) is 0 Å². The van der Waals surface area contributed by atoms with Crippen molar-refractivity contribution in [2.75, 3.05) is 38.7 Å². The monoisotopic (exact) mass is 285 g/mol. The van der Waals surface area contributed by atoms with Gasteiger partial charge in [-0.25, -0.2) is 0 Å². The standard InChI is InChI=1S/C11H19N5O2S/c1-3-13-10(17)8-7-18-5-4-16(8)6-9-14-15-11(12-2)19-9/h8H,3-7H2,1-2H3,(H,12,15)(H,13,17). The summed E-state index contributed by atoms with van der Waals surface area (Å²) in [6.45, 7) is 4.99. The van der Waals surface area contributed by atoms with Crippen LogP contribution < -0.4 is 10.6 Å². The quantitative estimate of drug-likeness (QED) is 0.787. The zero-order chi connectivity index (χ0) is 13.7. The third-order valence-electron chi connectivity index (χ3n) is 2.91. The fraction of sp³-hybridized carbons (Fsp3) is 0.727. The summed E-state index contributed by atoms with van der Waals surface area (Å²) in [7, 11) is 1.82. The highest BCUT2D eigenvalue weighted by atomic mass is 32.1. The normalized spacial score (nSPS) is 20.2. The first-order chi connectivity index (χ1) is 9.24. The number of morpholine rings is 1. The molecule has 1 aromatic heterocycles. The molecule has 2 N–H and O–H groups in total. The molecule has 1 aliphatic heterocycles. The number of carbonyl (C=O) groups is 1. The van der Waals surface area contributed by atoms with Crippen LogP contribution in [0.5, 0.6) is 0 Å². The summed E-state index contributed by atoms with van der Waals surface area (Å²) in [5.41, 5.74) is 0. The average Bonchev–Trinajstić information content (AvgIpc) is 2.87. The van der Waals surface area contributed by atoms with Gasteiger partial charge >= 0.3 is 0 Å². The highest BCUT2D eigenvalue weighted by Gasteiger charge is 2.29. The first-order valence-electron chi connectivity index (χ1n) is 6.34. The van der Waals surface area contributed by atoms with Gasteiger partial charge in [0.1, 0.15) is 11.0 Å². The third kappa shape index (κ3) is 3.62. The van der Waals surface area contributed by atoms with Crippen LogP contribution in [-0.4, -0.2) is 60.4 Å². The van der Waals surface area contributed by atoms with Crippen LogP contribution in [-0.2, 0) is 16.1 Å². The van der Waals surface area contributed by atoms with Gasteiger partial charge in [-0.1, -0.05) is 11.3 Å². The van der Waals surface area contributed by atoms with E-state index in [2.05, 4.69) is 25.7 Å². The highest BCUT2D eigenvalue weighted by molar-refractivity contribution is 7.15. The topological polar surface area (TPSA) is 79.4 Å². The van der Waals surface area contributed by atoms with Gasteiger partial charge in [-0.05, 0) is 6.92 Å². The van der Waals surface area contributed by atoms with E-state index < -0.39 is 0 Å². The Bertz CT molecular complexity index is 425. The molecule has 7 nitrogen and oxygen atoms in total. The van der Waals surface area contributed by atoms with Crippen molar-refractivity contribution in [1.82, 2.24) is 20.4 Å². The molecule has 0 aliphatic carbocycles. The molecule has 1 aromatic rings. The van der Waals surface area contributed by atoms with E-state index in [4.69, 9.17) is 4.74 Å². The minimum Gasteiger partial charge on any atom is -0.378 e. The molecule has 0 radical (unpaired) electrons. The Balaban J connectivity index is 2.00. The number of ether oxygens (including phenoxy) is 1. The van der Waals surface area contributed by atoms with Crippen LogP contribution >= 0.6 is 11.3 Å². The Hall–Kier alpha value is -1.25. The van der Waals surface area contributed by atoms with Crippen molar-refractivity contribution in [2.45, 2.75) is 19.5 Å². The van der Waals surface area contributed by atoms with Gasteiger partial charge in [0.05, 0.1) is 19.8 Å². The van der Waals surface area contributed by atoms with Crippen LogP contribution in [0.25, 0.3) is 0 Å². The van der Waals surface area contributed by atoms with E-state index in [1.54, 1.807) is 0 Å². The lowest BCUT2D eigenvalue weighted by Crippen LogP contribution is -2.53. The van der Waals surface area contributed by atoms with Crippen molar-refractivity contribution in [2.24, 2.45) is 0 Å². The molecule has 106 valence electrons. The maximum Gasteiger partial charge on any atom is 0.239 e. The van der Waals surface area contributed by atoms with Crippen molar-refractivity contribution in [3.8, 4) is 0 Å². The number of carbonyl (C=O) groups excluding carboxylic acids is 1. The van der Waals surface area contributed by atoms with Crippen molar-refractivity contribution in [1.29, 1.82) is 0 Å². The fourth-order valence-corrected chi connectivity index (χ4v) is 2.67. The number of hydrogen-bond acceptors (Lipinski definition) is 7. The molecule has 1 aliphatic rings. The van der Waals surface area contributed by atoms with E-state index in [9.17, 15) is 4.79 Å². The number of anilines is 1. The molecule has 19 heavy (non-hydrogen) atoms. The highest BCUT2D eigenvalue weighted by Crippen LogP contribution is 2.18. The van der Waals surface area contributed by atoms with Crippen molar-refractivity contribution < 1.29 is 9.53 Å². The van der Waals surface area contributed by atoms with E-state index in [1.807, 2.05) is 14.0 Å². The molecule has 1 fully saturated rings. The predicted octanol–water partition coefficient (Wildman–Crippen LogP) is -0.0833. The summed E-state index contributed by atoms with van der Waals surface area (Å²) in [5, 5.41) is 15.6. The van der Waals surface area contributed by atoms with Gasteiger partial charge in [-0.2, -0.15) is 0 Å². The van der Waals surface area contributed by atoms with Crippen LogP contribution in [0.2, 0.25) is 0 Å². The van der Waals surface area contributed by atoms with Crippen LogP contribution in [0.4, 0.5) is 5.13 Å². The molecular formula is C11H19N5O2S.